The number of urea groups is 1. The summed E-state index contributed by atoms with van der Waals surface area (Å²) in [4.78, 5) is 19.0. The van der Waals surface area contributed by atoms with Crippen LogP contribution >= 0.6 is 23.2 Å². The number of nitrogens with zero attached hydrogens (tertiary/aromatic N) is 4. The number of anilines is 1. The molecule has 0 radical (unpaired) electrons. The van der Waals surface area contributed by atoms with Crippen molar-refractivity contribution < 1.29 is 17.9 Å². The normalized spacial score (nSPS) is 13.8. The van der Waals surface area contributed by atoms with Crippen LogP contribution in [0.2, 0.25) is 10.3 Å². The van der Waals surface area contributed by atoms with Crippen LogP contribution < -0.4 is 14.8 Å². The first-order valence-corrected chi connectivity index (χ1v) is 8.81. The summed E-state index contributed by atoms with van der Waals surface area (Å²) in [7, 11) is -4.19. The van der Waals surface area contributed by atoms with Gasteiger partial charge in [0.15, 0.2) is 4.90 Å². The van der Waals surface area contributed by atoms with Crippen molar-refractivity contribution in [1.29, 1.82) is 0 Å². The molecule has 1 aliphatic heterocycles. The molecule has 2 N–H and O–H groups in total. The maximum Gasteiger partial charge on any atom is 0.335 e. The van der Waals surface area contributed by atoms with Gasteiger partial charge in [-0.1, -0.05) is 23.2 Å². The molecule has 0 fully saturated rings. The summed E-state index contributed by atoms with van der Waals surface area (Å²) < 4.78 is 33.1. The first-order valence-electron chi connectivity index (χ1n) is 6.57. The summed E-state index contributed by atoms with van der Waals surface area (Å²) in [5.74, 6) is -0.155. The Labute approximate surface area is 146 Å². The van der Waals surface area contributed by atoms with E-state index >= 15 is 0 Å². The number of amides is 2. The molecule has 0 atom stereocenters. The van der Waals surface area contributed by atoms with Gasteiger partial charge in [-0.3, -0.25) is 5.32 Å². The van der Waals surface area contributed by atoms with Crippen molar-refractivity contribution in [2.24, 2.45) is 0 Å². The third kappa shape index (κ3) is 3.52. The van der Waals surface area contributed by atoms with Crippen molar-refractivity contribution in [3.05, 3.63) is 22.6 Å². The average Bonchev–Trinajstić information content (AvgIpc) is 2.89. The molecule has 10 nitrogen and oxygen atoms in total. The lowest BCUT2D eigenvalue weighted by Crippen LogP contribution is -2.35. The Morgan fingerprint density at radius 1 is 1.29 bits per heavy atom. The van der Waals surface area contributed by atoms with Crippen molar-refractivity contribution in [3.8, 4) is 5.88 Å². The number of aryl methyl sites for hydroxylation is 1. The molecule has 1 aliphatic rings. The quantitative estimate of drug-likeness (QED) is 0.752. The van der Waals surface area contributed by atoms with Crippen LogP contribution in [0, 0.1) is 0 Å². The molecule has 0 bridgehead atoms. The van der Waals surface area contributed by atoms with E-state index in [-0.39, 0.29) is 27.0 Å². The van der Waals surface area contributed by atoms with E-state index in [2.05, 4.69) is 20.4 Å². The predicted octanol–water partition coefficient (Wildman–Crippen LogP) is 1.27. The Morgan fingerprint density at radius 2 is 2.00 bits per heavy atom. The first-order chi connectivity index (χ1) is 11.3. The second-order valence-corrected chi connectivity index (χ2v) is 7.06. The number of halogens is 2. The monoisotopic (exact) mass is 392 g/mol. The zero-order valence-corrected chi connectivity index (χ0v) is 14.2. The van der Waals surface area contributed by atoms with Crippen LogP contribution in [0.4, 0.5) is 10.7 Å². The lowest BCUT2D eigenvalue weighted by Gasteiger charge is -2.16. The van der Waals surface area contributed by atoms with E-state index in [4.69, 9.17) is 27.9 Å². The first kappa shape index (κ1) is 16.7. The molecule has 0 aliphatic carbocycles. The minimum atomic E-state index is -4.19. The van der Waals surface area contributed by atoms with Crippen LogP contribution in [0.5, 0.6) is 5.88 Å². The minimum Gasteiger partial charge on any atom is -0.477 e. The number of ether oxygens (including phenoxy) is 1. The Kier molecular flexibility index (Phi) is 4.47. The molecule has 3 rings (SSSR count). The number of nitrogens with one attached hydrogen (secondary N) is 2. The molecule has 3 heterocycles. The van der Waals surface area contributed by atoms with E-state index < -0.39 is 16.1 Å². The molecule has 13 heteroatoms. The third-order valence-corrected chi connectivity index (χ3v) is 4.62. The zero-order chi connectivity index (χ0) is 17.3. The van der Waals surface area contributed by atoms with Crippen molar-refractivity contribution in [1.82, 2.24) is 24.5 Å². The fourth-order valence-corrected chi connectivity index (χ4v) is 3.39. The lowest BCUT2D eigenvalue weighted by molar-refractivity contribution is 0.224. The van der Waals surface area contributed by atoms with Gasteiger partial charge in [0.2, 0.25) is 11.8 Å². The highest BCUT2D eigenvalue weighted by atomic mass is 35.5. The average molecular weight is 393 g/mol. The van der Waals surface area contributed by atoms with Gasteiger partial charge in [0.25, 0.3) is 10.0 Å². The highest BCUT2D eigenvalue weighted by molar-refractivity contribution is 7.90. The molecule has 0 unspecified atom stereocenters. The van der Waals surface area contributed by atoms with Gasteiger partial charge in [0.05, 0.1) is 12.8 Å². The summed E-state index contributed by atoms with van der Waals surface area (Å²) in [5, 5.41) is 6.04. The van der Waals surface area contributed by atoms with Crippen molar-refractivity contribution in [2.75, 3.05) is 11.9 Å². The third-order valence-electron chi connectivity index (χ3n) is 2.92. The maximum absolute atomic E-state index is 12.3. The largest absolute Gasteiger partial charge is 0.477 e. The van der Waals surface area contributed by atoms with Crippen LogP contribution in [0.25, 0.3) is 0 Å². The van der Waals surface area contributed by atoms with Crippen LogP contribution in [0.3, 0.4) is 0 Å². The van der Waals surface area contributed by atoms with E-state index in [0.29, 0.717) is 13.2 Å². The lowest BCUT2D eigenvalue weighted by atomic mass is 10.4. The number of carbonyl (C=O) groups is 1. The topological polar surface area (TPSA) is 128 Å². The van der Waals surface area contributed by atoms with Gasteiger partial charge in [-0.2, -0.15) is 5.10 Å². The fourth-order valence-electron chi connectivity index (χ4n) is 1.98. The van der Waals surface area contributed by atoms with Gasteiger partial charge >= 0.3 is 6.03 Å². The molecule has 128 valence electrons. The summed E-state index contributed by atoms with van der Waals surface area (Å²) in [6.45, 7) is 0.904. The Hall–Kier alpha value is -2.11. The summed E-state index contributed by atoms with van der Waals surface area (Å²) in [6, 6.07) is 0.184. The van der Waals surface area contributed by atoms with Gasteiger partial charge in [-0.25, -0.2) is 32.6 Å². The van der Waals surface area contributed by atoms with Gasteiger partial charge in [0, 0.05) is 19.0 Å². The molecular formula is C11H10Cl2N6O4S. The second-order valence-electron chi connectivity index (χ2n) is 4.64. The standard InChI is InChI=1S/C11H10Cl2N6O4S/c12-7-4-8(13)16-10(15-7)17-11(20)18-24(21,22)6-5-14-19-2-1-3-23-9(6)19/h4-5H,1-3H2,(H2,15,16,17,18,20). The van der Waals surface area contributed by atoms with E-state index in [9.17, 15) is 13.2 Å². The minimum absolute atomic E-state index is 0.00717. The van der Waals surface area contributed by atoms with Gasteiger partial charge in [-0.15, -0.1) is 0 Å². The van der Waals surface area contributed by atoms with E-state index in [0.717, 1.165) is 12.6 Å². The molecule has 2 aromatic rings. The van der Waals surface area contributed by atoms with Crippen molar-refractivity contribution in [2.45, 2.75) is 17.9 Å². The molecule has 0 saturated carbocycles. The molecule has 0 saturated heterocycles. The molecule has 0 spiro atoms. The highest BCUT2D eigenvalue weighted by Crippen LogP contribution is 2.26. The predicted molar refractivity (Wildman–Crippen MR) is 83.7 cm³/mol. The fraction of sp³-hybridized carbons (Fsp3) is 0.273. The van der Waals surface area contributed by atoms with Gasteiger partial charge in [-0.05, 0) is 0 Å². The van der Waals surface area contributed by atoms with Gasteiger partial charge in [0.1, 0.15) is 10.3 Å². The van der Waals surface area contributed by atoms with Crippen LogP contribution in [0.15, 0.2) is 17.2 Å². The van der Waals surface area contributed by atoms with Crippen LogP contribution in [0.1, 0.15) is 6.42 Å². The van der Waals surface area contributed by atoms with Crippen molar-refractivity contribution >= 4 is 45.2 Å². The Balaban J connectivity index is 1.77. The second kappa shape index (κ2) is 6.42. The van der Waals surface area contributed by atoms with Crippen LogP contribution in [-0.4, -0.2) is 40.8 Å². The number of hydrogen-bond acceptors (Lipinski definition) is 7. The molecule has 24 heavy (non-hydrogen) atoms. The summed E-state index contributed by atoms with van der Waals surface area (Å²) >= 11 is 11.3. The van der Waals surface area contributed by atoms with E-state index in [1.54, 1.807) is 0 Å². The molecule has 2 aromatic heterocycles. The summed E-state index contributed by atoms with van der Waals surface area (Å²) in [6.07, 6.45) is 1.83. The Morgan fingerprint density at radius 3 is 2.71 bits per heavy atom. The van der Waals surface area contributed by atoms with Crippen LogP contribution in [-0.2, 0) is 16.6 Å². The number of hydrogen-bond donors (Lipinski definition) is 2. The molecule has 2 amide bonds. The highest BCUT2D eigenvalue weighted by Gasteiger charge is 2.28. The number of aromatic nitrogens is 4. The van der Waals surface area contributed by atoms with E-state index in [1.165, 1.54) is 10.7 Å². The number of fused-ring (bicyclic) bond motifs is 1. The smallest absolute Gasteiger partial charge is 0.335 e. The number of sulfonamides is 1. The van der Waals surface area contributed by atoms with Crippen molar-refractivity contribution in [3.63, 3.8) is 0 Å². The number of rotatable bonds is 3. The van der Waals surface area contributed by atoms with Gasteiger partial charge < -0.3 is 4.74 Å². The summed E-state index contributed by atoms with van der Waals surface area (Å²) in [5.41, 5.74) is 0. The SMILES string of the molecule is O=C(Nc1nc(Cl)cc(Cl)n1)NS(=O)(=O)c1cnn2c1OCCC2. The molecule has 0 aromatic carbocycles. The maximum atomic E-state index is 12.3. The molecular weight excluding hydrogens is 383 g/mol. The van der Waals surface area contributed by atoms with E-state index in [1.807, 2.05) is 4.72 Å². The zero-order valence-electron chi connectivity index (χ0n) is 11.9. The number of carbonyl (C=O) groups excluding carboxylic acids is 1. The Bertz CT molecular complexity index is 880.